The molecule has 3 N–H and O–H groups in total. The number of amides is 1. The SMILES string of the molecule is Nc1ccc(C(=O)CC2(O)C(=O)N(Cc3ccccc3Cl)c3ccc(Cl)cc32)cc1. The van der Waals surface area contributed by atoms with Crippen molar-refractivity contribution in [1.82, 2.24) is 0 Å². The van der Waals surface area contributed by atoms with Gasteiger partial charge in [-0.05, 0) is 54.1 Å². The van der Waals surface area contributed by atoms with Gasteiger partial charge in [0.05, 0.1) is 18.7 Å². The van der Waals surface area contributed by atoms with Crippen molar-refractivity contribution in [3.8, 4) is 0 Å². The third-order valence-electron chi connectivity index (χ3n) is 5.23. The fraction of sp³-hybridized carbons (Fsp3) is 0.130. The van der Waals surface area contributed by atoms with Crippen LogP contribution in [0.1, 0.15) is 27.9 Å². The quantitative estimate of drug-likeness (QED) is 0.449. The molecule has 0 aromatic heterocycles. The number of anilines is 2. The van der Waals surface area contributed by atoms with Crippen LogP contribution in [0.5, 0.6) is 0 Å². The molecule has 1 amide bonds. The molecule has 1 heterocycles. The van der Waals surface area contributed by atoms with E-state index < -0.39 is 17.9 Å². The number of Topliss-reactive ketones (excluding diaryl/α,β-unsaturated/α-hetero) is 1. The van der Waals surface area contributed by atoms with Crippen LogP contribution in [0.3, 0.4) is 0 Å². The summed E-state index contributed by atoms with van der Waals surface area (Å²) >= 11 is 12.4. The summed E-state index contributed by atoms with van der Waals surface area (Å²) in [5, 5.41) is 12.3. The second-order valence-corrected chi connectivity index (χ2v) is 8.07. The number of ketones is 1. The largest absolute Gasteiger partial charge is 0.399 e. The van der Waals surface area contributed by atoms with Crippen molar-refractivity contribution in [2.24, 2.45) is 0 Å². The zero-order valence-electron chi connectivity index (χ0n) is 15.8. The topological polar surface area (TPSA) is 83.6 Å². The highest BCUT2D eigenvalue weighted by Gasteiger charge is 2.51. The number of nitrogens with zero attached hydrogens (tertiary/aromatic N) is 1. The summed E-state index contributed by atoms with van der Waals surface area (Å²) < 4.78 is 0. The van der Waals surface area contributed by atoms with Gasteiger partial charge in [-0.25, -0.2) is 0 Å². The Morgan fingerprint density at radius 1 is 1.03 bits per heavy atom. The maximum atomic E-state index is 13.3. The second-order valence-electron chi connectivity index (χ2n) is 7.23. The van der Waals surface area contributed by atoms with Crippen LogP contribution in [0.4, 0.5) is 11.4 Å². The highest BCUT2D eigenvalue weighted by molar-refractivity contribution is 6.31. The van der Waals surface area contributed by atoms with Crippen LogP contribution < -0.4 is 10.6 Å². The number of carbonyl (C=O) groups is 2. The monoisotopic (exact) mass is 440 g/mol. The fourth-order valence-electron chi connectivity index (χ4n) is 3.65. The average Bonchev–Trinajstić information content (AvgIpc) is 2.91. The Labute approximate surface area is 183 Å². The maximum absolute atomic E-state index is 13.3. The summed E-state index contributed by atoms with van der Waals surface area (Å²) in [6, 6.07) is 18.3. The van der Waals surface area contributed by atoms with Gasteiger partial charge in [-0.1, -0.05) is 41.4 Å². The molecule has 0 bridgehead atoms. The van der Waals surface area contributed by atoms with E-state index in [1.807, 2.05) is 12.1 Å². The lowest BCUT2D eigenvalue weighted by Crippen LogP contribution is -2.41. The van der Waals surface area contributed by atoms with Crippen LogP contribution >= 0.6 is 23.2 Å². The minimum absolute atomic E-state index is 0.158. The van der Waals surface area contributed by atoms with Gasteiger partial charge < -0.3 is 15.7 Å². The Kier molecular flexibility index (Phi) is 5.28. The molecule has 5 nitrogen and oxygen atoms in total. The maximum Gasteiger partial charge on any atom is 0.264 e. The molecule has 0 fully saturated rings. The molecule has 7 heteroatoms. The van der Waals surface area contributed by atoms with E-state index in [-0.39, 0.29) is 12.3 Å². The van der Waals surface area contributed by atoms with Crippen LogP contribution in [-0.4, -0.2) is 16.8 Å². The Morgan fingerprint density at radius 2 is 1.73 bits per heavy atom. The number of nitrogens with two attached hydrogens (primary N) is 1. The van der Waals surface area contributed by atoms with Crippen molar-refractivity contribution >= 4 is 46.3 Å². The van der Waals surface area contributed by atoms with E-state index in [9.17, 15) is 14.7 Å². The summed E-state index contributed by atoms with van der Waals surface area (Å²) in [6.45, 7) is 0.158. The molecule has 0 saturated carbocycles. The van der Waals surface area contributed by atoms with Crippen LogP contribution in [0.2, 0.25) is 10.0 Å². The number of fused-ring (bicyclic) bond motifs is 1. The van der Waals surface area contributed by atoms with Gasteiger partial charge in [0.2, 0.25) is 0 Å². The number of halogens is 2. The van der Waals surface area contributed by atoms with Crippen molar-refractivity contribution in [2.75, 3.05) is 10.6 Å². The number of hydrogen-bond acceptors (Lipinski definition) is 4. The summed E-state index contributed by atoms with van der Waals surface area (Å²) in [7, 11) is 0. The third kappa shape index (κ3) is 3.56. The molecular weight excluding hydrogens is 423 g/mol. The Morgan fingerprint density at radius 3 is 2.43 bits per heavy atom. The van der Waals surface area contributed by atoms with Crippen LogP contribution in [-0.2, 0) is 16.9 Å². The number of nitrogen functional groups attached to an aromatic ring is 1. The minimum atomic E-state index is -2.03. The summed E-state index contributed by atoms with van der Waals surface area (Å²) in [5.41, 5.74) is 6.05. The van der Waals surface area contributed by atoms with Crippen LogP contribution in [0.15, 0.2) is 66.7 Å². The van der Waals surface area contributed by atoms with Gasteiger partial charge in [0, 0.05) is 26.9 Å². The molecule has 0 saturated heterocycles. The summed E-state index contributed by atoms with van der Waals surface area (Å²) in [6.07, 6.45) is -0.415. The van der Waals surface area contributed by atoms with E-state index in [4.69, 9.17) is 28.9 Å². The van der Waals surface area contributed by atoms with Gasteiger partial charge >= 0.3 is 0 Å². The molecule has 1 atom stereocenters. The smallest absolute Gasteiger partial charge is 0.264 e. The lowest BCUT2D eigenvalue weighted by Gasteiger charge is -2.23. The van der Waals surface area contributed by atoms with E-state index in [0.29, 0.717) is 32.5 Å². The number of carbonyl (C=O) groups excluding carboxylic acids is 2. The first-order valence-electron chi connectivity index (χ1n) is 9.26. The average molecular weight is 441 g/mol. The van der Waals surface area contributed by atoms with Gasteiger partial charge in [-0.15, -0.1) is 0 Å². The van der Waals surface area contributed by atoms with Crippen LogP contribution in [0, 0.1) is 0 Å². The third-order valence-corrected chi connectivity index (χ3v) is 5.83. The van der Waals surface area contributed by atoms with E-state index in [0.717, 1.165) is 5.56 Å². The van der Waals surface area contributed by atoms with Gasteiger partial charge in [-0.2, -0.15) is 0 Å². The molecule has 152 valence electrons. The van der Waals surface area contributed by atoms with Crippen molar-refractivity contribution in [3.05, 3.63) is 93.5 Å². The highest BCUT2D eigenvalue weighted by Crippen LogP contribution is 2.45. The summed E-state index contributed by atoms with van der Waals surface area (Å²) in [4.78, 5) is 27.6. The lowest BCUT2D eigenvalue weighted by atomic mass is 9.88. The number of hydrogen-bond donors (Lipinski definition) is 2. The normalized spacial score (nSPS) is 17.8. The number of benzene rings is 3. The van der Waals surface area contributed by atoms with Gasteiger partial charge in [-0.3, -0.25) is 9.59 Å². The predicted octanol–water partition coefficient (Wildman–Crippen LogP) is 4.58. The van der Waals surface area contributed by atoms with Crippen molar-refractivity contribution < 1.29 is 14.7 Å². The van der Waals surface area contributed by atoms with Crippen molar-refractivity contribution in [1.29, 1.82) is 0 Å². The Bertz CT molecular complexity index is 1150. The lowest BCUT2D eigenvalue weighted by molar-refractivity contribution is -0.136. The van der Waals surface area contributed by atoms with Crippen molar-refractivity contribution in [3.63, 3.8) is 0 Å². The molecule has 0 spiro atoms. The Hall–Kier alpha value is -2.86. The molecule has 0 radical (unpaired) electrons. The van der Waals surface area contributed by atoms with E-state index in [1.165, 1.54) is 11.0 Å². The van der Waals surface area contributed by atoms with E-state index in [1.54, 1.807) is 48.5 Å². The molecule has 1 unspecified atom stereocenters. The van der Waals surface area contributed by atoms with E-state index in [2.05, 4.69) is 0 Å². The van der Waals surface area contributed by atoms with E-state index >= 15 is 0 Å². The Balaban J connectivity index is 1.72. The predicted molar refractivity (Wildman–Crippen MR) is 118 cm³/mol. The molecule has 30 heavy (non-hydrogen) atoms. The minimum Gasteiger partial charge on any atom is -0.399 e. The van der Waals surface area contributed by atoms with Gasteiger partial charge in [0.25, 0.3) is 5.91 Å². The fourth-order valence-corrected chi connectivity index (χ4v) is 4.02. The van der Waals surface area contributed by atoms with Gasteiger partial charge in [0.15, 0.2) is 11.4 Å². The zero-order valence-corrected chi connectivity index (χ0v) is 17.3. The molecular formula is C23H18Cl2N2O3. The molecule has 4 rings (SSSR count). The molecule has 0 aliphatic carbocycles. The number of rotatable bonds is 5. The zero-order chi connectivity index (χ0) is 21.5. The molecule has 1 aliphatic rings. The van der Waals surface area contributed by atoms with Crippen molar-refractivity contribution in [2.45, 2.75) is 18.6 Å². The first kappa shape index (κ1) is 20.4. The number of aliphatic hydroxyl groups is 1. The standard InChI is InChI=1S/C23H18Cl2N2O3/c24-16-7-10-20-18(11-16)23(30,12-21(28)14-5-8-17(26)9-6-14)22(29)27(20)13-15-3-1-2-4-19(15)25/h1-11,30H,12-13,26H2. The van der Waals surface area contributed by atoms with Crippen LogP contribution in [0.25, 0.3) is 0 Å². The first-order chi connectivity index (χ1) is 14.3. The molecule has 3 aromatic carbocycles. The van der Waals surface area contributed by atoms with Gasteiger partial charge in [0.1, 0.15) is 0 Å². The second kappa shape index (κ2) is 7.76. The highest BCUT2D eigenvalue weighted by atomic mass is 35.5. The summed E-state index contributed by atoms with van der Waals surface area (Å²) in [5.74, 6) is -0.972. The molecule has 3 aromatic rings. The molecule has 1 aliphatic heterocycles. The first-order valence-corrected chi connectivity index (χ1v) is 10.0.